The molecule has 0 fully saturated rings. The highest BCUT2D eigenvalue weighted by molar-refractivity contribution is 6.03. The Kier molecular flexibility index (Phi) is 5.67. The Labute approximate surface area is 180 Å². The number of hydrogen-bond donors (Lipinski definition) is 2. The summed E-state index contributed by atoms with van der Waals surface area (Å²) in [4.78, 5) is 23.9. The van der Waals surface area contributed by atoms with E-state index in [0.717, 1.165) is 24.2 Å². The Morgan fingerprint density at radius 3 is 2.97 bits per heavy atom. The number of urea groups is 1. The van der Waals surface area contributed by atoms with Crippen LogP contribution >= 0.6 is 0 Å². The van der Waals surface area contributed by atoms with Gasteiger partial charge in [-0.05, 0) is 43.7 Å². The van der Waals surface area contributed by atoms with Gasteiger partial charge in [0.15, 0.2) is 5.82 Å². The van der Waals surface area contributed by atoms with E-state index < -0.39 is 0 Å². The van der Waals surface area contributed by atoms with E-state index in [-0.39, 0.29) is 12.1 Å². The van der Waals surface area contributed by atoms with Crippen molar-refractivity contribution in [3.63, 3.8) is 0 Å². The number of nitriles is 1. The van der Waals surface area contributed by atoms with Gasteiger partial charge in [0.05, 0.1) is 30.1 Å². The number of carbonyl (C=O) groups excluding carboxylic acids is 1. The van der Waals surface area contributed by atoms with Gasteiger partial charge in [0.2, 0.25) is 0 Å². The second-order valence-electron chi connectivity index (χ2n) is 7.21. The molecular weight excluding hydrogens is 392 g/mol. The van der Waals surface area contributed by atoms with Gasteiger partial charge in [0.1, 0.15) is 11.6 Å². The van der Waals surface area contributed by atoms with E-state index in [1.807, 2.05) is 31.2 Å². The summed E-state index contributed by atoms with van der Waals surface area (Å²) in [5.41, 5.74) is 2.83. The van der Waals surface area contributed by atoms with Gasteiger partial charge in [0.25, 0.3) is 0 Å². The number of ether oxygens (including phenoxy) is 1. The highest BCUT2D eigenvalue weighted by atomic mass is 16.5. The van der Waals surface area contributed by atoms with Crippen molar-refractivity contribution in [3.8, 4) is 23.1 Å². The number of nitrogens with zero attached hydrogens (tertiary/aromatic N) is 4. The summed E-state index contributed by atoms with van der Waals surface area (Å²) in [5.74, 6) is 1.53. The van der Waals surface area contributed by atoms with Crippen molar-refractivity contribution in [2.75, 3.05) is 29.2 Å². The zero-order valence-corrected chi connectivity index (χ0v) is 17.3. The van der Waals surface area contributed by atoms with Crippen molar-refractivity contribution in [2.24, 2.45) is 0 Å². The molecule has 156 valence electrons. The summed E-state index contributed by atoms with van der Waals surface area (Å²) in [5, 5.41) is 15.4. The van der Waals surface area contributed by atoms with Crippen LogP contribution in [0.15, 0.2) is 54.7 Å². The number of amides is 2. The Hall–Kier alpha value is -4.12. The van der Waals surface area contributed by atoms with Crippen LogP contribution in [0.2, 0.25) is 0 Å². The van der Waals surface area contributed by atoms with E-state index >= 15 is 0 Å². The summed E-state index contributed by atoms with van der Waals surface area (Å²) < 4.78 is 5.21. The van der Waals surface area contributed by atoms with Crippen molar-refractivity contribution >= 4 is 23.4 Å². The topological polar surface area (TPSA) is 103 Å². The van der Waals surface area contributed by atoms with Gasteiger partial charge in [-0.25, -0.2) is 14.8 Å². The van der Waals surface area contributed by atoms with E-state index in [0.29, 0.717) is 28.6 Å². The van der Waals surface area contributed by atoms with Crippen LogP contribution in [0.25, 0.3) is 11.3 Å². The van der Waals surface area contributed by atoms with E-state index in [2.05, 4.69) is 21.7 Å². The van der Waals surface area contributed by atoms with Gasteiger partial charge in [-0.1, -0.05) is 12.1 Å². The highest BCUT2D eigenvalue weighted by Crippen LogP contribution is 2.33. The number of rotatable bonds is 3. The lowest BCUT2D eigenvalue weighted by atomic mass is 10.1. The second kappa shape index (κ2) is 8.71. The number of anilines is 3. The number of pyridine rings is 2. The second-order valence-corrected chi connectivity index (χ2v) is 7.21. The fraction of sp³-hybridized carbons (Fsp3) is 0.217. The number of aromatic nitrogens is 2. The number of fused-ring (bicyclic) bond motifs is 1. The normalized spacial score (nSPS) is 15.1. The lowest BCUT2D eigenvalue weighted by Crippen LogP contribution is -2.42. The third-order valence-electron chi connectivity index (χ3n) is 5.13. The smallest absolute Gasteiger partial charge is 0.328 e. The van der Waals surface area contributed by atoms with Crippen LogP contribution in [-0.2, 0) is 0 Å². The zero-order valence-electron chi connectivity index (χ0n) is 17.3. The molecule has 0 unspecified atom stereocenters. The molecule has 8 nitrogen and oxygen atoms in total. The molecule has 0 bridgehead atoms. The molecule has 2 amide bonds. The summed E-state index contributed by atoms with van der Waals surface area (Å²) in [6.45, 7) is 2.71. The quantitative estimate of drug-likeness (QED) is 0.664. The van der Waals surface area contributed by atoms with E-state index in [1.165, 1.54) is 0 Å². The lowest BCUT2D eigenvalue weighted by Gasteiger charge is -2.27. The maximum atomic E-state index is 13.3. The number of hydrogen-bond acceptors (Lipinski definition) is 6. The van der Waals surface area contributed by atoms with Crippen LogP contribution in [0.1, 0.15) is 18.9 Å². The summed E-state index contributed by atoms with van der Waals surface area (Å²) in [7, 11) is 1.56. The SMILES string of the molecule is COc1ccnc(NC(=O)N2c3nc(-c4cccc(C#N)c4)ccc3NCC[C@H]2C)c1. The van der Waals surface area contributed by atoms with Gasteiger partial charge in [-0.2, -0.15) is 5.26 Å². The van der Waals surface area contributed by atoms with Crippen molar-refractivity contribution in [3.05, 3.63) is 60.3 Å². The first-order valence-electron chi connectivity index (χ1n) is 9.95. The predicted octanol–water partition coefficient (Wildman–Crippen LogP) is 4.27. The maximum Gasteiger partial charge on any atom is 0.328 e. The minimum Gasteiger partial charge on any atom is -0.497 e. The molecule has 2 N–H and O–H groups in total. The molecule has 3 aromatic rings. The van der Waals surface area contributed by atoms with Crippen LogP contribution in [0, 0.1) is 11.3 Å². The molecule has 0 saturated carbocycles. The molecule has 31 heavy (non-hydrogen) atoms. The Morgan fingerprint density at radius 1 is 1.29 bits per heavy atom. The fourth-order valence-corrected chi connectivity index (χ4v) is 3.51. The molecule has 0 radical (unpaired) electrons. The Morgan fingerprint density at radius 2 is 2.16 bits per heavy atom. The van der Waals surface area contributed by atoms with E-state index in [9.17, 15) is 10.1 Å². The first-order chi connectivity index (χ1) is 15.1. The molecule has 0 aliphatic carbocycles. The maximum absolute atomic E-state index is 13.3. The minimum absolute atomic E-state index is 0.0902. The molecule has 0 spiro atoms. The number of nitrogens with one attached hydrogen (secondary N) is 2. The predicted molar refractivity (Wildman–Crippen MR) is 119 cm³/mol. The Balaban J connectivity index is 1.71. The van der Waals surface area contributed by atoms with Gasteiger partial charge in [-0.15, -0.1) is 0 Å². The average Bonchev–Trinajstić information content (AvgIpc) is 2.96. The lowest BCUT2D eigenvalue weighted by molar-refractivity contribution is 0.255. The summed E-state index contributed by atoms with van der Waals surface area (Å²) in [6.07, 6.45) is 2.34. The summed E-state index contributed by atoms with van der Waals surface area (Å²) >= 11 is 0. The Bertz CT molecular complexity index is 1160. The molecule has 8 heteroatoms. The van der Waals surface area contributed by atoms with Crippen molar-refractivity contribution in [1.82, 2.24) is 9.97 Å². The van der Waals surface area contributed by atoms with Crippen molar-refractivity contribution in [2.45, 2.75) is 19.4 Å². The molecule has 2 aromatic heterocycles. The van der Waals surface area contributed by atoms with Gasteiger partial charge in [0, 0.05) is 30.4 Å². The molecule has 3 heterocycles. The van der Waals surface area contributed by atoms with E-state index in [1.54, 1.807) is 42.5 Å². The van der Waals surface area contributed by atoms with Crippen LogP contribution in [0.3, 0.4) is 0 Å². The molecule has 4 rings (SSSR count). The molecular formula is C23H22N6O2. The van der Waals surface area contributed by atoms with Crippen molar-refractivity contribution < 1.29 is 9.53 Å². The first kappa shape index (κ1) is 20.2. The average molecular weight is 414 g/mol. The molecule has 1 atom stereocenters. The fourth-order valence-electron chi connectivity index (χ4n) is 3.51. The number of carbonyl (C=O) groups is 1. The van der Waals surface area contributed by atoms with Crippen LogP contribution < -0.4 is 20.3 Å². The minimum atomic E-state index is -0.325. The standard InChI is InChI=1S/C23H22N6O2/c1-15-8-10-25-20-7-6-19(17-5-3-4-16(12-17)14-24)27-22(20)29(15)23(30)28-21-13-18(31-2)9-11-26-21/h3-7,9,11-13,15,25H,8,10H2,1-2H3,(H,26,28,30)/t15-/m1/s1. The highest BCUT2D eigenvalue weighted by Gasteiger charge is 2.29. The zero-order chi connectivity index (χ0) is 21.8. The van der Waals surface area contributed by atoms with Gasteiger partial charge >= 0.3 is 6.03 Å². The monoisotopic (exact) mass is 414 g/mol. The first-order valence-corrected chi connectivity index (χ1v) is 9.95. The van der Waals surface area contributed by atoms with Crippen LogP contribution in [0.4, 0.5) is 22.1 Å². The molecule has 0 saturated heterocycles. The summed E-state index contributed by atoms with van der Waals surface area (Å²) in [6, 6.07) is 16.2. The third-order valence-corrected chi connectivity index (χ3v) is 5.13. The molecule has 1 aliphatic rings. The van der Waals surface area contributed by atoms with Gasteiger partial charge < -0.3 is 10.1 Å². The van der Waals surface area contributed by atoms with Crippen LogP contribution in [-0.4, -0.2) is 35.7 Å². The number of methoxy groups -OCH3 is 1. The van der Waals surface area contributed by atoms with Crippen molar-refractivity contribution in [1.29, 1.82) is 5.26 Å². The van der Waals surface area contributed by atoms with Crippen LogP contribution in [0.5, 0.6) is 5.75 Å². The number of benzene rings is 1. The van der Waals surface area contributed by atoms with Gasteiger partial charge in [-0.3, -0.25) is 10.2 Å². The largest absolute Gasteiger partial charge is 0.497 e. The third kappa shape index (κ3) is 4.26. The molecule has 1 aromatic carbocycles. The van der Waals surface area contributed by atoms with E-state index in [4.69, 9.17) is 9.72 Å². The molecule has 1 aliphatic heterocycles.